The molecule has 0 aromatic carbocycles. The molecule has 0 fully saturated rings. The van der Waals surface area contributed by atoms with Gasteiger partial charge in [-0.05, 0) is 12.3 Å². The summed E-state index contributed by atoms with van der Waals surface area (Å²) in [6.07, 6.45) is 3.21. The van der Waals surface area contributed by atoms with Crippen molar-refractivity contribution in [2.24, 2.45) is 10.9 Å². The number of nitrogens with zero attached hydrogens (tertiary/aromatic N) is 1. The van der Waals surface area contributed by atoms with Crippen LogP contribution in [0.4, 0.5) is 0 Å². The molecule has 13 heavy (non-hydrogen) atoms. The van der Waals surface area contributed by atoms with E-state index in [1.54, 1.807) is 0 Å². The Morgan fingerprint density at radius 1 is 1.69 bits per heavy atom. The van der Waals surface area contributed by atoms with Crippen molar-refractivity contribution < 1.29 is 9.53 Å². The van der Waals surface area contributed by atoms with Gasteiger partial charge in [-0.25, -0.2) is 4.99 Å². The minimum atomic E-state index is 0.325. The van der Waals surface area contributed by atoms with Crippen LogP contribution in [0.25, 0.3) is 0 Å². The van der Waals surface area contributed by atoms with Crippen LogP contribution in [0.2, 0.25) is 0 Å². The summed E-state index contributed by atoms with van der Waals surface area (Å²) in [5, 5.41) is 0. The second kappa shape index (κ2) is 5.00. The van der Waals surface area contributed by atoms with Crippen LogP contribution >= 0.6 is 0 Å². The van der Waals surface area contributed by atoms with E-state index in [4.69, 9.17) is 4.74 Å². The summed E-state index contributed by atoms with van der Waals surface area (Å²) in [5.41, 5.74) is 0. The van der Waals surface area contributed by atoms with Crippen molar-refractivity contribution in [1.29, 1.82) is 0 Å². The van der Waals surface area contributed by atoms with Crippen molar-refractivity contribution in [2.75, 3.05) is 6.61 Å². The maximum atomic E-state index is 10.1. The van der Waals surface area contributed by atoms with E-state index < -0.39 is 0 Å². The van der Waals surface area contributed by atoms with Gasteiger partial charge in [0.05, 0.1) is 6.04 Å². The highest BCUT2D eigenvalue weighted by Crippen LogP contribution is 2.15. The van der Waals surface area contributed by atoms with Crippen LogP contribution in [0, 0.1) is 5.92 Å². The average molecular weight is 183 g/mol. The number of ether oxygens (including phenoxy) is 1. The normalized spacial score (nSPS) is 21.5. The molecular weight excluding hydrogens is 166 g/mol. The Hall–Kier alpha value is -0.860. The van der Waals surface area contributed by atoms with E-state index in [0.717, 1.165) is 25.0 Å². The first kappa shape index (κ1) is 10.2. The van der Waals surface area contributed by atoms with Gasteiger partial charge in [0, 0.05) is 12.8 Å². The lowest BCUT2D eigenvalue weighted by Crippen LogP contribution is -2.13. The molecule has 0 aromatic heterocycles. The Balaban J connectivity index is 2.28. The quantitative estimate of drug-likeness (QED) is 0.481. The maximum absolute atomic E-state index is 10.1. The average Bonchev–Trinajstić information content (AvgIpc) is 2.53. The Morgan fingerprint density at radius 3 is 3.00 bits per heavy atom. The first-order valence-corrected chi connectivity index (χ1v) is 4.87. The van der Waals surface area contributed by atoms with Crippen molar-refractivity contribution >= 4 is 12.2 Å². The molecule has 0 amide bonds. The fourth-order valence-corrected chi connectivity index (χ4v) is 1.26. The number of carbonyl (C=O) groups excluding carboxylic acids is 1. The standard InChI is InChI=1S/C10H17NO2/c1-8(2)9-7-13-10(11-9)5-3-4-6-12/h6,8-9H,3-5,7H2,1-2H3. The summed E-state index contributed by atoms with van der Waals surface area (Å²) in [7, 11) is 0. The van der Waals surface area contributed by atoms with Crippen LogP contribution in [0.5, 0.6) is 0 Å². The molecule has 0 saturated carbocycles. The van der Waals surface area contributed by atoms with E-state index in [2.05, 4.69) is 18.8 Å². The van der Waals surface area contributed by atoms with Crippen LogP contribution in [0.1, 0.15) is 33.1 Å². The third kappa shape index (κ3) is 3.17. The number of unbranched alkanes of at least 4 members (excludes halogenated alkanes) is 1. The van der Waals surface area contributed by atoms with E-state index >= 15 is 0 Å². The van der Waals surface area contributed by atoms with E-state index in [1.807, 2.05) is 0 Å². The van der Waals surface area contributed by atoms with Crippen LogP contribution in [-0.4, -0.2) is 24.8 Å². The molecule has 1 rings (SSSR count). The van der Waals surface area contributed by atoms with Gasteiger partial charge in [-0.3, -0.25) is 0 Å². The molecule has 0 radical (unpaired) electrons. The third-order valence-corrected chi connectivity index (χ3v) is 2.21. The van der Waals surface area contributed by atoms with Gasteiger partial charge in [0.2, 0.25) is 0 Å². The smallest absolute Gasteiger partial charge is 0.183 e. The molecule has 0 N–H and O–H groups in total. The zero-order valence-electron chi connectivity index (χ0n) is 8.32. The highest BCUT2D eigenvalue weighted by molar-refractivity contribution is 5.77. The lowest BCUT2D eigenvalue weighted by molar-refractivity contribution is -0.107. The van der Waals surface area contributed by atoms with Crippen molar-refractivity contribution in [3.8, 4) is 0 Å². The molecule has 74 valence electrons. The predicted octanol–water partition coefficient (Wildman–Crippen LogP) is 1.81. The van der Waals surface area contributed by atoms with Gasteiger partial charge in [0.25, 0.3) is 0 Å². The molecule has 0 aromatic rings. The Kier molecular flexibility index (Phi) is 3.93. The number of hydrogen-bond acceptors (Lipinski definition) is 3. The fourth-order valence-electron chi connectivity index (χ4n) is 1.26. The monoisotopic (exact) mass is 183 g/mol. The van der Waals surface area contributed by atoms with E-state index in [0.29, 0.717) is 25.0 Å². The van der Waals surface area contributed by atoms with Gasteiger partial charge < -0.3 is 9.53 Å². The maximum Gasteiger partial charge on any atom is 0.183 e. The molecule has 1 aliphatic heterocycles. The Morgan fingerprint density at radius 2 is 2.46 bits per heavy atom. The van der Waals surface area contributed by atoms with Gasteiger partial charge in [0.15, 0.2) is 5.90 Å². The predicted molar refractivity (Wildman–Crippen MR) is 51.9 cm³/mol. The molecule has 0 bridgehead atoms. The number of rotatable bonds is 5. The fraction of sp³-hybridized carbons (Fsp3) is 0.800. The first-order valence-electron chi connectivity index (χ1n) is 4.87. The van der Waals surface area contributed by atoms with E-state index in [9.17, 15) is 4.79 Å². The van der Waals surface area contributed by atoms with Crippen molar-refractivity contribution in [1.82, 2.24) is 0 Å². The van der Waals surface area contributed by atoms with Gasteiger partial charge >= 0.3 is 0 Å². The minimum Gasteiger partial charge on any atom is -0.479 e. The van der Waals surface area contributed by atoms with Crippen molar-refractivity contribution in [3.05, 3.63) is 0 Å². The number of aliphatic imine (C=N–C) groups is 1. The molecule has 1 atom stereocenters. The lowest BCUT2D eigenvalue weighted by atomic mass is 10.1. The molecule has 0 saturated heterocycles. The first-order chi connectivity index (χ1) is 6.24. The van der Waals surface area contributed by atoms with Crippen LogP contribution in [-0.2, 0) is 9.53 Å². The topological polar surface area (TPSA) is 38.7 Å². The second-order valence-corrected chi connectivity index (χ2v) is 3.70. The summed E-state index contributed by atoms with van der Waals surface area (Å²) in [4.78, 5) is 14.5. The van der Waals surface area contributed by atoms with Crippen molar-refractivity contribution in [2.45, 2.75) is 39.2 Å². The molecule has 1 aliphatic rings. The highest BCUT2D eigenvalue weighted by Gasteiger charge is 2.20. The summed E-state index contributed by atoms with van der Waals surface area (Å²) < 4.78 is 5.41. The van der Waals surface area contributed by atoms with Gasteiger partial charge in [-0.1, -0.05) is 13.8 Å². The Labute approximate surface area is 79.2 Å². The van der Waals surface area contributed by atoms with E-state index in [-0.39, 0.29) is 0 Å². The zero-order valence-corrected chi connectivity index (χ0v) is 8.32. The second-order valence-electron chi connectivity index (χ2n) is 3.70. The Bertz CT molecular complexity index is 199. The molecule has 0 spiro atoms. The molecule has 3 heteroatoms. The number of carbonyl (C=O) groups is 1. The lowest BCUT2D eigenvalue weighted by Gasteiger charge is -2.06. The van der Waals surface area contributed by atoms with E-state index in [1.165, 1.54) is 0 Å². The SMILES string of the molecule is CC(C)C1COC(CCCC=O)=N1. The summed E-state index contributed by atoms with van der Waals surface area (Å²) in [5.74, 6) is 1.38. The minimum absolute atomic E-state index is 0.325. The number of aldehydes is 1. The third-order valence-electron chi connectivity index (χ3n) is 2.21. The van der Waals surface area contributed by atoms with Crippen LogP contribution in [0.3, 0.4) is 0 Å². The number of hydrogen-bond donors (Lipinski definition) is 0. The molecule has 1 heterocycles. The largest absolute Gasteiger partial charge is 0.479 e. The van der Waals surface area contributed by atoms with Crippen LogP contribution in [0.15, 0.2) is 4.99 Å². The van der Waals surface area contributed by atoms with Gasteiger partial charge in [0.1, 0.15) is 12.9 Å². The van der Waals surface area contributed by atoms with Crippen LogP contribution < -0.4 is 0 Å². The van der Waals surface area contributed by atoms with Gasteiger partial charge in [-0.15, -0.1) is 0 Å². The molecule has 1 unspecified atom stereocenters. The zero-order chi connectivity index (χ0) is 9.68. The summed E-state index contributed by atoms with van der Waals surface area (Å²) in [6, 6.07) is 0.325. The summed E-state index contributed by atoms with van der Waals surface area (Å²) >= 11 is 0. The summed E-state index contributed by atoms with van der Waals surface area (Å²) in [6.45, 7) is 5.01. The molecule has 3 nitrogen and oxygen atoms in total. The van der Waals surface area contributed by atoms with Crippen molar-refractivity contribution in [3.63, 3.8) is 0 Å². The highest BCUT2D eigenvalue weighted by atomic mass is 16.5. The molecule has 0 aliphatic carbocycles. The van der Waals surface area contributed by atoms with Gasteiger partial charge in [-0.2, -0.15) is 0 Å². The molecular formula is C10H17NO2.